The molecule has 1 aliphatic heterocycles. The smallest absolute Gasteiger partial charge is 0.410 e. The second kappa shape index (κ2) is 8.56. The van der Waals surface area contributed by atoms with Crippen LogP contribution in [0.1, 0.15) is 32.8 Å². The highest BCUT2D eigenvalue weighted by Crippen LogP contribution is 2.18. The molecule has 1 atom stereocenters. The van der Waals surface area contributed by atoms with Crippen LogP contribution in [0, 0.1) is 11.3 Å². The summed E-state index contributed by atoms with van der Waals surface area (Å²) in [5.41, 5.74) is 0.304. The van der Waals surface area contributed by atoms with E-state index in [2.05, 4.69) is 6.07 Å². The molecule has 2 rings (SSSR count). The minimum absolute atomic E-state index is 0.125. The Morgan fingerprint density at radius 1 is 1.19 bits per heavy atom. The van der Waals surface area contributed by atoms with E-state index in [1.54, 1.807) is 20.8 Å². The van der Waals surface area contributed by atoms with Crippen molar-refractivity contribution in [3.63, 3.8) is 0 Å². The highest BCUT2D eigenvalue weighted by Gasteiger charge is 2.35. The molecule has 1 aromatic rings. The van der Waals surface area contributed by atoms with Crippen LogP contribution in [0.5, 0.6) is 0 Å². The van der Waals surface area contributed by atoms with Gasteiger partial charge in [0.2, 0.25) is 0 Å². The Labute approximate surface area is 154 Å². The Kier molecular flexibility index (Phi) is 6.45. The second-order valence-electron chi connectivity index (χ2n) is 7.18. The molecule has 1 heterocycles. The summed E-state index contributed by atoms with van der Waals surface area (Å²) in [6.07, 6.45) is -0.782. The first kappa shape index (κ1) is 19.6. The third kappa shape index (κ3) is 5.66. The van der Waals surface area contributed by atoms with Gasteiger partial charge in [0.1, 0.15) is 12.2 Å². The molecular weight excluding hydrogens is 334 g/mol. The molecule has 0 aliphatic carbocycles. The standard InChI is InChI=1S/C19H25N3O4/c1-19(2,3)26-17(23)21-11-12-22(16(13-21)9-10-20)18(24)25-14-15-7-5-4-6-8-15/h4-8,16H,9,11-14H2,1-3H3/t16-/m0/s1. The van der Waals surface area contributed by atoms with E-state index in [0.29, 0.717) is 13.1 Å². The lowest BCUT2D eigenvalue weighted by molar-refractivity contribution is 0.00170. The van der Waals surface area contributed by atoms with Crippen LogP contribution in [0.4, 0.5) is 9.59 Å². The van der Waals surface area contributed by atoms with Crippen LogP contribution < -0.4 is 0 Å². The number of carbonyl (C=O) groups is 2. The first-order chi connectivity index (χ1) is 12.3. The van der Waals surface area contributed by atoms with Gasteiger partial charge in [-0.1, -0.05) is 30.3 Å². The molecule has 0 unspecified atom stereocenters. The van der Waals surface area contributed by atoms with Gasteiger partial charge in [-0.15, -0.1) is 0 Å². The summed E-state index contributed by atoms with van der Waals surface area (Å²) in [4.78, 5) is 27.7. The molecule has 0 aromatic heterocycles. The zero-order valence-electron chi connectivity index (χ0n) is 15.5. The molecule has 0 radical (unpaired) electrons. The Morgan fingerprint density at radius 2 is 1.88 bits per heavy atom. The van der Waals surface area contributed by atoms with Gasteiger partial charge in [0.15, 0.2) is 0 Å². The zero-order chi connectivity index (χ0) is 19.2. The predicted molar refractivity (Wildman–Crippen MR) is 95.2 cm³/mol. The normalized spacial score (nSPS) is 17.4. The van der Waals surface area contributed by atoms with Gasteiger partial charge >= 0.3 is 12.2 Å². The summed E-state index contributed by atoms with van der Waals surface area (Å²) in [6, 6.07) is 11.1. The van der Waals surface area contributed by atoms with Crippen LogP contribution >= 0.6 is 0 Å². The molecule has 1 aliphatic rings. The minimum Gasteiger partial charge on any atom is -0.445 e. The molecular formula is C19H25N3O4. The van der Waals surface area contributed by atoms with Gasteiger partial charge in [0, 0.05) is 19.6 Å². The molecule has 1 aromatic carbocycles. The maximum atomic E-state index is 12.4. The first-order valence-corrected chi connectivity index (χ1v) is 8.62. The number of hydrogen-bond acceptors (Lipinski definition) is 5. The number of nitrogens with zero attached hydrogens (tertiary/aromatic N) is 3. The van der Waals surface area contributed by atoms with Crippen molar-refractivity contribution in [2.75, 3.05) is 19.6 Å². The third-order valence-electron chi connectivity index (χ3n) is 3.90. The predicted octanol–water partition coefficient (Wildman–Crippen LogP) is 3.16. The van der Waals surface area contributed by atoms with E-state index in [4.69, 9.17) is 14.7 Å². The Hall–Kier alpha value is -2.75. The summed E-state index contributed by atoms with van der Waals surface area (Å²) < 4.78 is 10.7. The fraction of sp³-hybridized carbons (Fsp3) is 0.526. The topological polar surface area (TPSA) is 82.9 Å². The second-order valence-corrected chi connectivity index (χ2v) is 7.18. The van der Waals surface area contributed by atoms with E-state index in [1.165, 1.54) is 9.80 Å². The molecule has 7 heteroatoms. The molecule has 1 fully saturated rings. The Morgan fingerprint density at radius 3 is 2.50 bits per heavy atom. The van der Waals surface area contributed by atoms with Crippen LogP contribution in [-0.2, 0) is 16.1 Å². The number of amides is 2. The van der Waals surface area contributed by atoms with E-state index >= 15 is 0 Å². The monoisotopic (exact) mass is 359 g/mol. The molecule has 0 spiro atoms. The summed E-state index contributed by atoms with van der Waals surface area (Å²) in [5.74, 6) is 0. The van der Waals surface area contributed by atoms with E-state index in [-0.39, 0.29) is 19.6 Å². The van der Waals surface area contributed by atoms with Crippen molar-refractivity contribution in [3.05, 3.63) is 35.9 Å². The number of ether oxygens (including phenoxy) is 2. The molecule has 140 valence electrons. The number of piperazine rings is 1. The van der Waals surface area contributed by atoms with Crippen LogP contribution in [0.3, 0.4) is 0 Å². The molecule has 26 heavy (non-hydrogen) atoms. The minimum atomic E-state index is -0.590. The zero-order valence-corrected chi connectivity index (χ0v) is 15.5. The van der Waals surface area contributed by atoms with Crippen molar-refractivity contribution in [1.82, 2.24) is 9.80 Å². The maximum absolute atomic E-state index is 12.4. The van der Waals surface area contributed by atoms with Crippen LogP contribution in [0.15, 0.2) is 30.3 Å². The molecule has 0 N–H and O–H groups in total. The summed E-state index contributed by atoms with van der Waals surface area (Å²) in [6.45, 7) is 6.48. The summed E-state index contributed by atoms with van der Waals surface area (Å²) in [5, 5.41) is 9.07. The Balaban J connectivity index is 1.95. The summed E-state index contributed by atoms with van der Waals surface area (Å²) in [7, 11) is 0. The highest BCUT2D eigenvalue weighted by atomic mass is 16.6. The van der Waals surface area contributed by atoms with Gasteiger partial charge in [0.25, 0.3) is 0 Å². The number of rotatable bonds is 3. The van der Waals surface area contributed by atoms with E-state index in [0.717, 1.165) is 5.56 Å². The SMILES string of the molecule is CC(C)(C)OC(=O)N1CCN(C(=O)OCc2ccccc2)[C@@H](CC#N)C1. The fourth-order valence-electron chi connectivity index (χ4n) is 2.67. The average molecular weight is 359 g/mol. The number of nitriles is 1. The fourth-order valence-corrected chi connectivity index (χ4v) is 2.67. The van der Waals surface area contributed by atoms with Crippen molar-refractivity contribution >= 4 is 12.2 Å². The maximum Gasteiger partial charge on any atom is 0.410 e. The molecule has 2 amide bonds. The number of hydrogen-bond donors (Lipinski definition) is 0. The molecule has 0 saturated carbocycles. The van der Waals surface area contributed by atoms with Crippen molar-refractivity contribution in [1.29, 1.82) is 5.26 Å². The summed E-state index contributed by atoms with van der Waals surface area (Å²) >= 11 is 0. The van der Waals surface area contributed by atoms with Gasteiger partial charge in [-0.25, -0.2) is 9.59 Å². The van der Waals surface area contributed by atoms with Gasteiger partial charge in [0.05, 0.1) is 18.5 Å². The first-order valence-electron chi connectivity index (χ1n) is 8.62. The van der Waals surface area contributed by atoms with E-state index in [9.17, 15) is 9.59 Å². The van der Waals surface area contributed by atoms with Crippen LogP contribution in [0.2, 0.25) is 0 Å². The third-order valence-corrected chi connectivity index (χ3v) is 3.90. The number of benzene rings is 1. The van der Waals surface area contributed by atoms with E-state index in [1.807, 2.05) is 30.3 Å². The average Bonchev–Trinajstić information content (AvgIpc) is 2.59. The molecule has 0 bridgehead atoms. The van der Waals surface area contributed by atoms with Gasteiger partial charge in [-0.05, 0) is 26.3 Å². The lowest BCUT2D eigenvalue weighted by Crippen LogP contribution is -2.57. The lowest BCUT2D eigenvalue weighted by Gasteiger charge is -2.40. The molecule has 1 saturated heterocycles. The van der Waals surface area contributed by atoms with Gasteiger partial charge < -0.3 is 19.3 Å². The lowest BCUT2D eigenvalue weighted by atomic mass is 10.1. The van der Waals surface area contributed by atoms with Gasteiger partial charge in [-0.3, -0.25) is 0 Å². The van der Waals surface area contributed by atoms with Crippen molar-refractivity contribution in [3.8, 4) is 6.07 Å². The van der Waals surface area contributed by atoms with Crippen LogP contribution in [-0.4, -0.2) is 53.3 Å². The highest BCUT2D eigenvalue weighted by molar-refractivity contribution is 5.71. The Bertz CT molecular complexity index is 664. The quantitative estimate of drug-likeness (QED) is 0.828. The van der Waals surface area contributed by atoms with Crippen molar-refractivity contribution in [2.45, 2.75) is 45.4 Å². The van der Waals surface area contributed by atoms with Gasteiger partial charge in [-0.2, -0.15) is 5.26 Å². The largest absolute Gasteiger partial charge is 0.445 e. The van der Waals surface area contributed by atoms with Crippen LogP contribution in [0.25, 0.3) is 0 Å². The van der Waals surface area contributed by atoms with Crippen molar-refractivity contribution < 1.29 is 19.1 Å². The van der Waals surface area contributed by atoms with E-state index < -0.39 is 23.8 Å². The molecule has 7 nitrogen and oxygen atoms in total. The number of carbonyl (C=O) groups excluding carboxylic acids is 2. The van der Waals surface area contributed by atoms with Crippen molar-refractivity contribution in [2.24, 2.45) is 0 Å².